The van der Waals surface area contributed by atoms with Gasteiger partial charge in [-0.15, -0.1) is 0 Å². The van der Waals surface area contributed by atoms with Gasteiger partial charge in [0.25, 0.3) is 0 Å². The van der Waals surface area contributed by atoms with Gasteiger partial charge in [0.1, 0.15) is 122 Å². The summed E-state index contributed by atoms with van der Waals surface area (Å²) in [7, 11) is 0. The third-order valence-electron chi connectivity index (χ3n) is 12.1. The van der Waals surface area contributed by atoms with Gasteiger partial charge < -0.3 is 145 Å². The zero-order valence-corrected chi connectivity index (χ0v) is 39.1. The van der Waals surface area contributed by atoms with Gasteiger partial charge in [-0.05, 0) is 0 Å². The Kier molecular flexibility index (Phi) is 22.2. The van der Waals surface area contributed by atoms with Crippen LogP contribution in [0.2, 0.25) is 0 Å². The van der Waals surface area contributed by atoms with Crippen LogP contribution in [-0.2, 0) is 57.0 Å². The van der Waals surface area contributed by atoms with E-state index < -0.39 is 216 Å². The fourth-order valence-corrected chi connectivity index (χ4v) is 8.52. The molecule has 0 spiro atoms. The maximum Gasteiger partial charge on any atom is 1.00 e. The van der Waals surface area contributed by atoms with E-state index in [1.54, 1.807) is 0 Å². The number of carbonyl (C=O) groups excluding carboxylic acids is 3. The number of aliphatic carboxylic acids is 1. The minimum absolute atomic E-state index is 0. The first kappa shape index (κ1) is 60.0. The number of rotatable bonds is 18. The minimum atomic E-state index is -3.30. The van der Waals surface area contributed by atoms with Crippen LogP contribution in [0.25, 0.3) is 0 Å². The van der Waals surface area contributed by atoms with Crippen molar-refractivity contribution in [3.63, 3.8) is 0 Å². The van der Waals surface area contributed by atoms with Crippen molar-refractivity contribution in [3.05, 3.63) is 0 Å². The maximum atomic E-state index is 12.9. The Labute approximate surface area is 412 Å². The molecule has 0 bridgehead atoms. The van der Waals surface area contributed by atoms with E-state index in [-0.39, 0.29) is 29.6 Å². The van der Waals surface area contributed by atoms with Gasteiger partial charge in [0.05, 0.1) is 45.2 Å². The van der Waals surface area contributed by atoms with Gasteiger partial charge in [-0.3, -0.25) is 9.59 Å². The number of nitrogens with one attached hydrogen (secondary N) is 2. The molecule has 0 aromatic heterocycles. The molecular weight excluding hydrogens is 959 g/mol. The van der Waals surface area contributed by atoms with E-state index in [0.717, 1.165) is 13.8 Å². The molecule has 32 heteroatoms. The predicted octanol–water partition coefficient (Wildman–Crippen LogP) is -16.8. The zero-order chi connectivity index (χ0) is 50.7. The number of carboxylic acid groups (broad SMARTS) is 1. The summed E-state index contributed by atoms with van der Waals surface area (Å²) < 4.78 is 50.5. The Morgan fingerprint density at radius 1 is 0.594 bits per heavy atom. The molecular formula is C37H61N2NaO29. The summed E-state index contributed by atoms with van der Waals surface area (Å²) >= 11 is 0. The molecule has 0 aromatic carbocycles. The van der Waals surface area contributed by atoms with Crippen molar-refractivity contribution in [2.75, 3.05) is 33.0 Å². The Hall–Kier alpha value is -1.59. The number of carbonyl (C=O) groups is 3. The number of amides is 2. The Balaban J connectivity index is 0.0000104. The van der Waals surface area contributed by atoms with Crippen LogP contribution in [0.5, 0.6) is 0 Å². The second-order valence-corrected chi connectivity index (χ2v) is 16.8. The average Bonchev–Trinajstić information content (AvgIpc) is 3.29. The molecule has 5 rings (SSSR count). The van der Waals surface area contributed by atoms with Crippen molar-refractivity contribution in [3.8, 4) is 0 Å². The van der Waals surface area contributed by atoms with E-state index in [1.165, 1.54) is 0 Å². The van der Waals surface area contributed by atoms with Crippen LogP contribution in [-0.4, -0.2) is 292 Å². The molecule has 31 nitrogen and oxygen atoms in total. The summed E-state index contributed by atoms with van der Waals surface area (Å²) in [4.78, 5) is 37.5. The van der Waals surface area contributed by atoms with Gasteiger partial charge in [0.15, 0.2) is 25.2 Å². The molecule has 2 amide bonds. The third kappa shape index (κ3) is 13.0. The average molecular weight is 1020 g/mol. The number of hydrogen-bond donors (Lipinski definition) is 18. The molecule has 69 heavy (non-hydrogen) atoms. The van der Waals surface area contributed by atoms with Crippen LogP contribution in [0.1, 0.15) is 20.3 Å². The molecule has 5 aliphatic rings. The molecule has 26 atom stereocenters. The third-order valence-corrected chi connectivity index (χ3v) is 12.1. The standard InChI is InChI=1S/C37H62N2O29.Na/c1-9(45)38-17-11(47)3-37(36(58)59,67-29(17)19(49)12(48)4-40)68-31-22(52)15(7-43)63-35(26(31)56)65-28-18(39-10(2)46)33(61-13(5-41)20(28)50)66-30-21(51)14(6-42)62-34(25(30)55)64-27-16(8-44)60-32(57)24(54)23(27)53;/h11-35,40-44,47-57H,3-8H2,1-2H3,(H,38,45)(H,39,46)(H,58,59);/q;+1/p-1/t11?,12-,13?,14?,15?,16?,17?,18?,19-,20?,21?,22?,23?,24?,25?,26?,27?,28?,29?,30?,31?,32?,33?,34?,35?,37?;/m1./s1. The molecule has 0 aliphatic carbocycles. The number of aliphatic hydroxyl groups is 16. The van der Waals surface area contributed by atoms with Crippen LogP contribution in [0, 0.1) is 0 Å². The Morgan fingerprint density at radius 2 is 1.04 bits per heavy atom. The van der Waals surface area contributed by atoms with Crippen LogP contribution in [0.4, 0.5) is 0 Å². The summed E-state index contributed by atoms with van der Waals surface area (Å²) in [5, 5.41) is 187. The molecule has 18 N–H and O–H groups in total. The van der Waals surface area contributed by atoms with Gasteiger partial charge in [0.2, 0.25) is 17.6 Å². The monoisotopic (exact) mass is 1020 g/mol. The number of carboxylic acids is 1. The molecule has 5 fully saturated rings. The summed E-state index contributed by atoms with van der Waals surface area (Å²) in [6, 6.07) is -3.55. The normalized spacial score (nSPS) is 45.9. The SMILES string of the molecule is CC(=O)NC1C(OC2C(O)C(CO)OC(OC3C(CO)OC(O)C(O)C3O)C2O)OC(CO)C(O)C1OC1OC(CO)C(O)C(OC2(C(=O)[O-])CC(O)C(NC(C)=O)C([C@H](O)[C@H](O)CO)O2)C1O.[Na+]. The Bertz CT molecular complexity index is 1660. The molecule has 394 valence electrons. The fraction of sp³-hybridized carbons (Fsp3) is 0.919. The Morgan fingerprint density at radius 3 is 1.54 bits per heavy atom. The van der Waals surface area contributed by atoms with Crippen molar-refractivity contribution >= 4 is 17.8 Å². The van der Waals surface area contributed by atoms with Crippen molar-refractivity contribution < 1.29 is 173 Å². The zero-order valence-electron chi connectivity index (χ0n) is 37.1. The molecule has 0 saturated carbocycles. The first-order valence-corrected chi connectivity index (χ1v) is 21.2. The van der Waals surface area contributed by atoms with Crippen LogP contribution < -0.4 is 45.3 Å². The minimum Gasteiger partial charge on any atom is -0.544 e. The maximum absolute atomic E-state index is 12.9. The molecule has 5 aliphatic heterocycles. The van der Waals surface area contributed by atoms with E-state index in [4.69, 9.17) is 42.6 Å². The van der Waals surface area contributed by atoms with E-state index in [1.807, 2.05) is 0 Å². The second kappa shape index (κ2) is 25.6. The first-order valence-electron chi connectivity index (χ1n) is 21.2. The molecule has 5 saturated heterocycles. The van der Waals surface area contributed by atoms with Gasteiger partial charge in [-0.1, -0.05) is 0 Å². The van der Waals surface area contributed by atoms with E-state index >= 15 is 0 Å². The van der Waals surface area contributed by atoms with Crippen LogP contribution in [0.3, 0.4) is 0 Å². The second-order valence-electron chi connectivity index (χ2n) is 16.8. The van der Waals surface area contributed by atoms with E-state index in [9.17, 15) is 101 Å². The quantitative estimate of drug-likeness (QED) is 0.0567. The van der Waals surface area contributed by atoms with Gasteiger partial charge >= 0.3 is 29.6 Å². The van der Waals surface area contributed by atoms with Gasteiger partial charge in [-0.25, -0.2) is 0 Å². The summed E-state index contributed by atoms with van der Waals surface area (Å²) in [6.07, 6.45) is -48.0. The summed E-state index contributed by atoms with van der Waals surface area (Å²) in [6.45, 7) is -3.34. The fourth-order valence-electron chi connectivity index (χ4n) is 8.52. The molecule has 24 unspecified atom stereocenters. The smallest absolute Gasteiger partial charge is 0.544 e. The van der Waals surface area contributed by atoms with Crippen molar-refractivity contribution in [1.82, 2.24) is 10.6 Å². The van der Waals surface area contributed by atoms with Gasteiger partial charge in [0, 0.05) is 20.3 Å². The number of hydrogen-bond acceptors (Lipinski definition) is 29. The van der Waals surface area contributed by atoms with Crippen molar-refractivity contribution in [1.29, 1.82) is 0 Å². The van der Waals surface area contributed by atoms with E-state index in [0.29, 0.717) is 0 Å². The van der Waals surface area contributed by atoms with E-state index in [2.05, 4.69) is 10.6 Å². The first-order chi connectivity index (χ1) is 32.0. The summed E-state index contributed by atoms with van der Waals surface area (Å²) in [5.41, 5.74) is 0. The van der Waals surface area contributed by atoms with Crippen LogP contribution in [0.15, 0.2) is 0 Å². The molecule has 5 heterocycles. The predicted molar refractivity (Wildman–Crippen MR) is 204 cm³/mol. The van der Waals surface area contributed by atoms with Crippen molar-refractivity contribution in [2.45, 2.75) is 179 Å². The van der Waals surface area contributed by atoms with Crippen LogP contribution >= 0.6 is 0 Å². The van der Waals surface area contributed by atoms with Gasteiger partial charge in [-0.2, -0.15) is 0 Å². The number of aliphatic hydroxyl groups excluding tert-OH is 16. The van der Waals surface area contributed by atoms with Crippen molar-refractivity contribution in [2.24, 2.45) is 0 Å². The largest absolute Gasteiger partial charge is 1.00 e. The summed E-state index contributed by atoms with van der Waals surface area (Å²) in [5.74, 6) is -7.38. The number of ether oxygens (including phenoxy) is 9. The molecule has 0 radical (unpaired) electrons. The topological polar surface area (TPSA) is 505 Å². The molecule has 0 aromatic rings.